The van der Waals surface area contributed by atoms with Crippen LogP contribution >= 0.6 is 0 Å². The molecule has 1 amide bonds. The molecule has 1 fully saturated rings. The van der Waals surface area contributed by atoms with Gasteiger partial charge < -0.3 is 9.42 Å². The highest BCUT2D eigenvalue weighted by Gasteiger charge is 2.38. The van der Waals surface area contributed by atoms with Gasteiger partial charge in [-0.25, -0.2) is 0 Å². The van der Waals surface area contributed by atoms with Gasteiger partial charge >= 0.3 is 0 Å². The minimum atomic E-state index is -0.0342. The van der Waals surface area contributed by atoms with Crippen LogP contribution in [0.3, 0.4) is 0 Å². The molecule has 0 radical (unpaired) electrons. The third-order valence-corrected chi connectivity index (χ3v) is 2.18. The van der Waals surface area contributed by atoms with Gasteiger partial charge in [-0.2, -0.15) is 0 Å². The minimum Gasteiger partial charge on any atom is -0.364 e. The predicted molar refractivity (Wildman–Crippen MR) is 46.2 cm³/mol. The van der Waals surface area contributed by atoms with Crippen LogP contribution in [0.4, 0.5) is 0 Å². The highest BCUT2D eigenvalue weighted by molar-refractivity contribution is 5.92. The lowest BCUT2D eigenvalue weighted by Gasteiger charge is -2.45. The number of nitrogens with zero attached hydrogens (tertiary/aromatic N) is 2. The molecule has 1 aromatic heterocycles. The van der Waals surface area contributed by atoms with E-state index in [-0.39, 0.29) is 11.3 Å². The van der Waals surface area contributed by atoms with Crippen molar-refractivity contribution in [3.8, 4) is 0 Å². The van der Waals surface area contributed by atoms with Gasteiger partial charge in [0.05, 0.1) is 0 Å². The Bertz CT molecular complexity index is 308. The fraction of sp³-hybridized carbons (Fsp3) is 0.556. The van der Waals surface area contributed by atoms with E-state index in [1.54, 1.807) is 11.0 Å². The predicted octanol–water partition coefficient (Wildman–Crippen LogP) is 1.16. The fourth-order valence-electron chi connectivity index (χ4n) is 1.62. The van der Waals surface area contributed by atoms with Crippen LogP contribution in [0.5, 0.6) is 0 Å². The monoisotopic (exact) mass is 180 g/mol. The van der Waals surface area contributed by atoms with Gasteiger partial charge in [0.1, 0.15) is 6.26 Å². The van der Waals surface area contributed by atoms with Crippen molar-refractivity contribution in [2.45, 2.75) is 13.8 Å². The van der Waals surface area contributed by atoms with Crippen molar-refractivity contribution < 1.29 is 9.32 Å². The average Bonchev–Trinajstić information content (AvgIpc) is 2.50. The standard InChI is InChI=1S/C9H12N2O2/c1-9(2)5-11(6-9)8(12)7-3-4-13-10-7/h3-4H,5-6H2,1-2H3. The molecule has 0 saturated carbocycles. The quantitative estimate of drug-likeness (QED) is 0.651. The molecule has 0 unspecified atom stereocenters. The van der Waals surface area contributed by atoms with Crippen LogP contribution in [0.25, 0.3) is 0 Å². The molecule has 1 aliphatic rings. The first-order valence-corrected chi connectivity index (χ1v) is 4.28. The molecule has 4 nitrogen and oxygen atoms in total. The molecule has 0 bridgehead atoms. The second-order valence-corrected chi connectivity index (χ2v) is 4.21. The molecule has 13 heavy (non-hydrogen) atoms. The number of hydrogen-bond acceptors (Lipinski definition) is 3. The number of amides is 1. The summed E-state index contributed by atoms with van der Waals surface area (Å²) in [5, 5.41) is 3.60. The first kappa shape index (κ1) is 8.29. The second kappa shape index (κ2) is 2.58. The Labute approximate surface area is 76.5 Å². The molecule has 1 aliphatic heterocycles. The Morgan fingerprint density at radius 2 is 2.31 bits per heavy atom. The minimum absolute atomic E-state index is 0.0342. The Morgan fingerprint density at radius 1 is 1.62 bits per heavy atom. The molecule has 4 heteroatoms. The maximum Gasteiger partial charge on any atom is 0.276 e. The van der Waals surface area contributed by atoms with Crippen molar-refractivity contribution in [3.63, 3.8) is 0 Å². The SMILES string of the molecule is CC1(C)CN(C(=O)c2ccon2)C1. The van der Waals surface area contributed by atoms with Gasteiger partial charge in [-0.15, -0.1) is 0 Å². The summed E-state index contributed by atoms with van der Waals surface area (Å²) < 4.78 is 4.61. The smallest absolute Gasteiger partial charge is 0.276 e. The van der Waals surface area contributed by atoms with Crippen molar-refractivity contribution in [2.75, 3.05) is 13.1 Å². The zero-order chi connectivity index (χ0) is 9.47. The fourth-order valence-corrected chi connectivity index (χ4v) is 1.62. The zero-order valence-electron chi connectivity index (χ0n) is 7.78. The summed E-state index contributed by atoms with van der Waals surface area (Å²) in [4.78, 5) is 13.4. The third kappa shape index (κ3) is 1.43. The molecule has 0 N–H and O–H groups in total. The molecule has 1 aromatic rings. The van der Waals surface area contributed by atoms with E-state index in [1.165, 1.54) is 6.26 Å². The van der Waals surface area contributed by atoms with Crippen LogP contribution in [0.1, 0.15) is 24.3 Å². The van der Waals surface area contributed by atoms with Crippen LogP contribution in [-0.2, 0) is 0 Å². The number of likely N-dealkylation sites (tertiary alicyclic amines) is 1. The van der Waals surface area contributed by atoms with Crippen molar-refractivity contribution >= 4 is 5.91 Å². The van der Waals surface area contributed by atoms with Crippen LogP contribution in [-0.4, -0.2) is 29.1 Å². The van der Waals surface area contributed by atoms with Crippen LogP contribution in [0.2, 0.25) is 0 Å². The lowest BCUT2D eigenvalue weighted by Crippen LogP contribution is -2.55. The van der Waals surface area contributed by atoms with E-state index >= 15 is 0 Å². The summed E-state index contributed by atoms with van der Waals surface area (Å²) >= 11 is 0. The normalized spacial score (nSPS) is 19.7. The van der Waals surface area contributed by atoms with Crippen molar-refractivity contribution in [1.29, 1.82) is 0 Å². The molecular formula is C9H12N2O2. The molecule has 2 heterocycles. The Balaban J connectivity index is 2.02. The summed E-state index contributed by atoms with van der Waals surface area (Å²) in [7, 11) is 0. The molecular weight excluding hydrogens is 168 g/mol. The maximum atomic E-state index is 11.6. The zero-order valence-corrected chi connectivity index (χ0v) is 7.78. The molecule has 0 aromatic carbocycles. The molecule has 0 aliphatic carbocycles. The van der Waals surface area contributed by atoms with Gasteiger partial charge in [-0.05, 0) is 5.41 Å². The number of carbonyl (C=O) groups excluding carboxylic acids is 1. The summed E-state index contributed by atoms with van der Waals surface area (Å²) in [5.41, 5.74) is 0.662. The second-order valence-electron chi connectivity index (χ2n) is 4.21. The van der Waals surface area contributed by atoms with Gasteiger partial charge in [-0.1, -0.05) is 19.0 Å². The van der Waals surface area contributed by atoms with Gasteiger partial charge in [0.15, 0.2) is 5.69 Å². The van der Waals surface area contributed by atoms with E-state index in [1.807, 2.05) is 0 Å². The highest BCUT2D eigenvalue weighted by Crippen LogP contribution is 2.29. The lowest BCUT2D eigenvalue weighted by molar-refractivity contribution is 0.0227. The largest absolute Gasteiger partial charge is 0.364 e. The molecule has 0 spiro atoms. The third-order valence-electron chi connectivity index (χ3n) is 2.18. The molecule has 1 saturated heterocycles. The van der Waals surface area contributed by atoms with E-state index in [4.69, 9.17) is 0 Å². The Hall–Kier alpha value is -1.32. The van der Waals surface area contributed by atoms with E-state index in [0.29, 0.717) is 5.69 Å². The lowest BCUT2D eigenvalue weighted by atomic mass is 9.84. The summed E-state index contributed by atoms with van der Waals surface area (Å²) in [6, 6.07) is 1.59. The maximum absolute atomic E-state index is 11.6. The number of aromatic nitrogens is 1. The van der Waals surface area contributed by atoms with Gasteiger partial charge in [0.2, 0.25) is 0 Å². The summed E-state index contributed by atoms with van der Waals surface area (Å²) in [6.45, 7) is 5.89. The number of carbonyl (C=O) groups is 1. The van der Waals surface area contributed by atoms with Crippen LogP contribution in [0.15, 0.2) is 16.9 Å². The molecule has 2 rings (SSSR count). The highest BCUT2D eigenvalue weighted by atomic mass is 16.5. The Kier molecular flexibility index (Phi) is 1.65. The molecule has 0 atom stereocenters. The number of hydrogen-bond donors (Lipinski definition) is 0. The van der Waals surface area contributed by atoms with Crippen molar-refractivity contribution in [3.05, 3.63) is 18.0 Å². The van der Waals surface area contributed by atoms with Gasteiger partial charge in [0, 0.05) is 19.2 Å². The first-order chi connectivity index (χ1) is 6.08. The van der Waals surface area contributed by atoms with E-state index < -0.39 is 0 Å². The first-order valence-electron chi connectivity index (χ1n) is 4.28. The van der Waals surface area contributed by atoms with Gasteiger partial charge in [0.25, 0.3) is 5.91 Å². The topological polar surface area (TPSA) is 46.3 Å². The summed E-state index contributed by atoms with van der Waals surface area (Å²) in [5.74, 6) is -0.0342. The summed E-state index contributed by atoms with van der Waals surface area (Å²) in [6.07, 6.45) is 1.41. The van der Waals surface area contributed by atoms with Crippen molar-refractivity contribution in [2.24, 2.45) is 5.41 Å². The van der Waals surface area contributed by atoms with Crippen molar-refractivity contribution in [1.82, 2.24) is 10.1 Å². The Morgan fingerprint density at radius 3 is 2.77 bits per heavy atom. The van der Waals surface area contributed by atoms with Crippen LogP contribution in [0, 0.1) is 5.41 Å². The molecule has 70 valence electrons. The van der Waals surface area contributed by atoms with E-state index in [9.17, 15) is 4.79 Å². The van der Waals surface area contributed by atoms with Gasteiger partial charge in [-0.3, -0.25) is 4.79 Å². The number of rotatable bonds is 1. The van der Waals surface area contributed by atoms with Crippen LogP contribution < -0.4 is 0 Å². The average molecular weight is 180 g/mol. The van der Waals surface area contributed by atoms with E-state index in [0.717, 1.165) is 13.1 Å². The van der Waals surface area contributed by atoms with E-state index in [2.05, 4.69) is 23.5 Å².